The van der Waals surface area contributed by atoms with Crippen molar-refractivity contribution < 1.29 is 9.59 Å². The van der Waals surface area contributed by atoms with Crippen molar-refractivity contribution >= 4 is 11.6 Å². The van der Waals surface area contributed by atoms with Crippen molar-refractivity contribution in [2.24, 2.45) is 0 Å². The lowest BCUT2D eigenvalue weighted by Gasteiger charge is -2.23. The first-order valence-corrected chi connectivity index (χ1v) is 12.0. The van der Waals surface area contributed by atoms with Gasteiger partial charge < -0.3 is 0 Å². The predicted octanol–water partition coefficient (Wildman–Crippen LogP) is 7.40. The summed E-state index contributed by atoms with van der Waals surface area (Å²) in [6.07, 6.45) is 12.1. The number of unbranched alkanes of at least 4 members (excludes halogenated alkanes) is 7. The lowest BCUT2D eigenvalue weighted by Crippen LogP contribution is -2.24. The molecule has 0 radical (unpaired) electrons. The van der Waals surface area contributed by atoms with Crippen LogP contribution in [0.15, 0.2) is 61.2 Å². The number of ketones is 2. The number of Topliss-reactive ketones (excluding diaryl/α,β-unsaturated/α-hetero) is 2. The molecule has 0 fully saturated rings. The Kier molecular flexibility index (Phi) is 11.7. The minimum absolute atomic E-state index is 0.100. The Bertz CT molecular complexity index is 777. The van der Waals surface area contributed by atoms with Crippen molar-refractivity contribution in [1.29, 1.82) is 0 Å². The van der Waals surface area contributed by atoms with Gasteiger partial charge in [-0.3, -0.25) is 14.5 Å². The van der Waals surface area contributed by atoms with E-state index < -0.39 is 0 Å². The molecule has 2 aromatic rings. The van der Waals surface area contributed by atoms with Gasteiger partial charge in [-0.05, 0) is 50.8 Å². The van der Waals surface area contributed by atoms with Gasteiger partial charge in [-0.15, -0.1) is 6.58 Å². The maximum absolute atomic E-state index is 11.6. The molecule has 2 aromatic carbocycles. The van der Waals surface area contributed by atoms with Crippen LogP contribution in [0, 0.1) is 0 Å². The molecule has 32 heavy (non-hydrogen) atoms. The van der Waals surface area contributed by atoms with Gasteiger partial charge in [0.25, 0.3) is 0 Å². The molecule has 0 aliphatic heterocycles. The Labute approximate surface area is 194 Å². The molecule has 0 spiro atoms. The molecular formula is C29H39NO2. The van der Waals surface area contributed by atoms with Gasteiger partial charge in [-0.25, -0.2) is 0 Å². The summed E-state index contributed by atoms with van der Waals surface area (Å²) in [7, 11) is 0. The second kappa shape index (κ2) is 14.5. The van der Waals surface area contributed by atoms with Crippen molar-refractivity contribution in [2.45, 2.75) is 78.3 Å². The van der Waals surface area contributed by atoms with Crippen molar-refractivity contribution in [3.63, 3.8) is 0 Å². The van der Waals surface area contributed by atoms with E-state index in [0.717, 1.165) is 37.2 Å². The summed E-state index contributed by atoms with van der Waals surface area (Å²) >= 11 is 0. The van der Waals surface area contributed by atoms with E-state index in [0.29, 0.717) is 0 Å². The van der Waals surface area contributed by atoms with Gasteiger partial charge >= 0.3 is 0 Å². The molecule has 0 heterocycles. The summed E-state index contributed by atoms with van der Waals surface area (Å²) in [5.41, 5.74) is 3.96. The fraction of sp³-hybridized carbons (Fsp3) is 0.448. The molecule has 0 saturated heterocycles. The molecule has 0 N–H and O–H groups in total. The summed E-state index contributed by atoms with van der Waals surface area (Å²) in [6.45, 7) is 9.74. The maximum atomic E-state index is 11.6. The van der Waals surface area contributed by atoms with Gasteiger partial charge in [0.05, 0.1) is 0 Å². The second-order valence-corrected chi connectivity index (χ2v) is 8.77. The molecule has 0 atom stereocenters. The number of rotatable bonds is 16. The fourth-order valence-electron chi connectivity index (χ4n) is 3.93. The van der Waals surface area contributed by atoms with Gasteiger partial charge in [0.1, 0.15) is 0 Å². The lowest BCUT2D eigenvalue weighted by molar-refractivity contribution is 0.100. The van der Waals surface area contributed by atoms with E-state index in [2.05, 4.69) is 35.7 Å². The number of benzene rings is 2. The van der Waals surface area contributed by atoms with Crippen LogP contribution in [-0.2, 0) is 13.1 Å². The highest BCUT2D eigenvalue weighted by Gasteiger charge is 2.09. The summed E-state index contributed by atoms with van der Waals surface area (Å²) < 4.78 is 0. The third-order valence-corrected chi connectivity index (χ3v) is 5.92. The third-order valence-electron chi connectivity index (χ3n) is 5.92. The fourth-order valence-corrected chi connectivity index (χ4v) is 3.93. The molecular weight excluding hydrogens is 394 g/mol. The van der Waals surface area contributed by atoms with Crippen molar-refractivity contribution in [3.8, 4) is 0 Å². The predicted molar refractivity (Wildman–Crippen MR) is 134 cm³/mol. The molecule has 0 aliphatic carbocycles. The SMILES string of the molecule is C=CCCCCCCCCCN(Cc1ccc(C(C)=O)cc1)Cc1ccc(C(C)=O)cc1. The summed E-state index contributed by atoms with van der Waals surface area (Å²) in [5.74, 6) is 0.201. The quantitative estimate of drug-likeness (QED) is 0.157. The van der Waals surface area contributed by atoms with E-state index in [4.69, 9.17) is 0 Å². The summed E-state index contributed by atoms with van der Waals surface area (Å²) in [6, 6.07) is 15.9. The highest BCUT2D eigenvalue weighted by Crippen LogP contribution is 2.15. The normalized spacial score (nSPS) is 11.0. The summed E-state index contributed by atoms with van der Waals surface area (Å²) in [5, 5.41) is 0. The number of carbonyl (C=O) groups is 2. The number of allylic oxidation sites excluding steroid dienone is 1. The topological polar surface area (TPSA) is 37.4 Å². The van der Waals surface area contributed by atoms with Crippen LogP contribution in [0.2, 0.25) is 0 Å². The monoisotopic (exact) mass is 433 g/mol. The highest BCUT2D eigenvalue weighted by molar-refractivity contribution is 5.94. The van der Waals surface area contributed by atoms with Crippen LogP contribution in [-0.4, -0.2) is 23.0 Å². The first-order valence-electron chi connectivity index (χ1n) is 12.0. The molecule has 0 aliphatic rings. The first kappa shape index (κ1) is 25.7. The average molecular weight is 434 g/mol. The zero-order valence-corrected chi connectivity index (χ0v) is 19.9. The van der Waals surface area contributed by atoms with Gasteiger partial charge in [-0.2, -0.15) is 0 Å². The second-order valence-electron chi connectivity index (χ2n) is 8.77. The van der Waals surface area contributed by atoms with E-state index in [1.165, 1.54) is 56.1 Å². The Balaban J connectivity index is 1.89. The highest BCUT2D eigenvalue weighted by atomic mass is 16.1. The minimum Gasteiger partial charge on any atom is -0.295 e. The molecule has 0 aromatic heterocycles. The molecule has 0 bridgehead atoms. The number of carbonyl (C=O) groups excluding carboxylic acids is 2. The van der Waals surface area contributed by atoms with Crippen LogP contribution in [0.5, 0.6) is 0 Å². The average Bonchev–Trinajstić information content (AvgIpc) is 2.78. The minimum atomic E-state index is 0.100. The van der Waals surface area contributed by atoms with Crippen LogP contribution in [0.1, 0.15) is 97.1 Å². The van der Waals surface area contributed by atoms with Crippen LogP contribution in [0.25, 0.3) is 0 Å². The Hall–Kier alpha value is -2.52. The number of hydrogen-bond donors (Lipinski definition) is 0. The number of nitrogens with zero attached hydrogens (tertiary/aromatic N) is 1. The van der Waals surface area contributed by atoms with Crippen LogP contribution >= 0.6 is 0 Å². The largest absolute Gasteiger partial charge is 0.295 e. The first-order chi connectivity index (χ1) is 15.5. The zero-order valence-electron chi connectivity index (χ0n) is 19.9. The van der Waals surface area contributed by atoms with Gasteiger partial charge in [0.2, 0.25) is 0 Å². The van der Waals surface area contributed by atoms with Crippen LogP contribution < -0.4 is 0 Å². The molecule has 172 valence electrons. The Morgan fingerprint density at radius 3 is 1.50 bits per heavy atom. The zero-order chi connectivity index (χ0) is 23.2. The van der Waals surface area contributed by atoms with Crippen molar-refractivity contribution in [2.75, 3.05) is 6.54 Å². The van der Waals surface area contributed by atoms with E-state index >= 15 is 0 Å². The van der Waals surface area contributed by atoms with Gasteiger partial charge in [-0.1, -0.05) is 86.7 Å². The van der Waals surface area contributed by atoms with E-state index in [-0.39, 0.29) is 11.6 Å². The van der Waals surface area contributed by atoms with Gasteiger partial charge in [0, 0.05) is 24.2 Å². The van der Waals surface area contributed by atoms with Crippen molar-refractivity contribution in [1.82, 2.24) is 4.90 Å². The maximum Gasteiger partial charge on any atom is 0.159 e. The molecule has 0 amide bonds. The number of hydrogen-bond acceptors (Lipinski definition) is 3. The van der Waals surface area contributed by atoms with Crippen molar-refractivity contribution in [3.05, 3.63) is 83.4 Å². The molecule has 0 unspecified atom stereocenters. The Morgan fingerprint density at radius 2 is 1.09 bits per heavy atom. The third kappa shape index (κ3) is 9.74. The van der Waals surface area contributed by atoms with E-state index in [9.17, 15) is 9.59 Å². The lowest BCUT2D eigenvalue weighted by atomic mass is 10.1. The molecule has 0 saturated carbocycles. The standard InChI is InChI=1S/C29H39NO2/c1-4-5-6-7-8-9-10-11-12-21-30(22-26-13-17-28(18-14-26)24(2)31)23-27-15-19-29(20-16-27)25(3)32/h4,13-20H,1,5-12,21-23H2,2-3H3. The Morgan fingerprint density at radius 1 is 0.688 bits per heavy atom. The van der Waals surface area contributed by atoms with E-state index in [1.54, 1.807) is 13.8 Å². The molecule has 3 heteroatoms. The molecule has 3 nitrogen and oxygen atoms in total. The van der Waals surface area contributed by atoms with Gasteiger partial charge in [0.15, 0.2) is 11.6 Å². The van der Waals surface area contributed by atoms with E-state index in [1.807, 2.05) is 30.3 Å². The summed E-state index contributed by atoms with van der Waals surface area (Å²) in [4.78, 5) is 25.6. The van der Waals surface area contributed by atoms with Crippen LogP contribution in [0.3, 0.4) is 0 Å². The molecule has 2 rings (SSSR count). The smallest absolute Gasteiger partial charge is 0.159 e. The van der Waals surface area contributed by atoms with Crippen LogP contribution in [0.4, 0.5) is 0 Å².